The number of unbranched alkanes of at least 4 members (excludes halogenated alkanes) is 1. The standard InChI is InChI=1S/C15H22F3NO2/c16-15(17,18)6-2-1-3-13(11-19)12-4-7-14(8-5-12)20-9-10-21-14/h12-13H,1-10H2. The van der Waals surface area contributed by atoms with Crippen LogP contribution in [0.5, 0.6) is 0 Å². The summed E-state index contributed by atoms with van der Waals surface area (Å²) >= 11 is 0. The Morgan fingerprint density at radius 1 is 1.14 bits per heavy atom. The van der Waals surface area contributed by atoms with E-state index in [0.29, 0.717) is 26.1 Å². The van der Waals surface area contributed by atoms with Gasteiger partial charge in [-0.3, -0.25) is 0 Å². The number of hydrogen-bond donors (Lipinski definition) is 0. The number of nitrogens with zero attached hydrogens (tertiary/aromatic N) is 1. The third-order valence-corrected chi connectivity index (χ3v) is 4.57. The highest BCUT2D eigenvalue weighted by Gasteiger charge is 2.41. The summed E-state index contributed by atoms with van der Waals surface area (Å²) < 4.78 is 47.6. The van der Waals surface area contributed by atoms with E-state index in [-0.39, 0.29) is 18.3 Å². The summed E-state index contributed by atoms with van der Waals surface area (Å²) in [7, 11) is 0. The molecule has 2 aliphatic rings. The van der Waals surface area contributed by atoms with Crippen LogP contribution in [0.4, 0.5) is 13.2 Å². The van der Waals surface area contributed by atoms with Crippen molar-refractivity contribution in [3.63, 3.8) is 0 Å². The van der Waals surface area contributed by atoms with Crippen LogP contribution < -0.4 is 0 Å². The van der Waals surface area contributed by atoms with Crippen LogP contribution in [0.15, 0.2) is 0 Å². The highest BCUT2D eigenvalue weighted by Crippen LogP contribution is 2.41. The van der Waals surface area contributed by atoms with Crippen molar-refractivity contribution in [1.29, 1.82) is 5.26 Å². The Balaban J connectivity index is 1.71. The lowest BCUT2D eigenvalue weighted by Gasteiger charge is -2.36. The highest BCUT2D eigenvalue weighted by atomic mass is 19.4. The van der Waals surface area contributed by atoms with Gasteiger partial charge in [0.25, 0.3) is 0 Å². The van der Waals surface area contributed by atoms with Crippen LogP contribution in [0.1, 0.15) is 51.4 Å². The molecule has 1 saturated carbocycles. The zero-order valence-electron chi connectivity index (χ0n) is 12.1. The first kappa shape index (κ1) is 16.6. The number of rotatable bonds is 5. The van der Waals surface area contributed by atoms with E-state index in [2.05, 4.69) is 6.07 Å². The summed E-state index contributed by atoms with van der Waals surface area (Å²) in [4.78, 5) is 0. The van der Waals surface area contributed by atoms with Crippen molar-refractivity contribution in [3.05, 3.63) is 0 Å². The minimum atomic E-state index is -4.09. The molecule has 21 heavy (non-hydrogen) atoms. The van der Waals surface area contributed by atoms with Crippen molar-refractivity contribution in [2.45, 2.75) is 63.3 Å². The Morgan fingerprint density at radius 3 is 2.29 bits per heavy atom. The summed E-state index contributed by atoms with van der Waals surface area (Å²) in [5.41, 5.74) is 0. The largest absolute Gasteiger partial charge is 0.389 e. The monoisotopic (exact) mass is 305 g/mol. The van der Waals surface area contributed by atoms with Crippen molar-refractivity contribution in [2.75, 3.05) is 13.2 Å². The Kier molecular flexibility index (Phi) is 5.50. The molecule has 3 nitrogen and oxygen atoms in total. The Bertz CT molecular complexity index is 362. The summed E-state index contributed by atoms with van der Waals surface area (Å²) in [6.45, 7) is 1.26. The Hall–Kier alpha value is -0.800. The number of alkyl halides is 3. The Morgan fingerprint density at radius 2 is 1.76 bits per heavy atom. The SMILES string of the molecule is N#CC(CCCCC(F)(F)F)C1CCC2(CC1)OCCO2. The zero-order valence-corrected chi connectivity index (χ0v) is 12.1. The number of hydrogen-bond acceptors (Lipinski definition) is 3. The van der Waals surface area contributed by atoms with Gasteiger partial charge >= 0.3 is 6.18 Å². The minimum Gasteiger partial charge on any atom is -0.348 e. The van der Waals surface area contributed by atoms with E-state index in [4.69, 9.17) is 9.47 Å². The first-order chi connectivity index (χ1) is 9.94. The maximum Gasteiger partial charge on any atom is 0.389 e. The van der Waals surface area contributed by atoms with E-state index in [1.807, 2.05) is 0 Å². The molecule has 0 N–H and O–H groups in total. The van der Waals surface area contributed by atoms with Crippen molar-refractivity contribution in [1.82, 2.24) is 0 Å². The lowest BCUT2D eigenvalue weighted by atomic mass is 9.76. The first-order valence-corrected chi connectivity index (χ1v) is 7.68. The van der Waals surface area contributed by atoms with E-state index in [1.165, 1.54) is 0 Å². The van der Waals surface area contributed by atoms with E-state index >= 15 is 0 Å². The van der Waals surface area contributed by atoms with Crippen LogP contribution in [0.2, 0.25) is 0 Å². The summed E-state index contributed by atoms with van der Waals surface area (Å²) in [6.07, 6.45) is -0.397. The Labute approximate surface area is 123 Å². The van der Waals surface area contributed by atoms with Gasteiger partial charge in [0.15, 0.2) is 5.79 Å². The molecule has 0 aromatic heterocycles. The van der Waals surface area contributed by atoms with Crippen LogP contribution >= 0.6 is 0 Å². The average molecular weight is 305 g/mol. The van der Waals surface area contributed by atoms with Gasteiger partial charge in [0.05, 0.1) is 19.3 Å². The number of ether oxygens (including phenoxy) is 2. The molecule has 0 radical (unpaired) electrons. The van der Waals surface area contributed by atoms with Gasteiger partial charge in [0.1, 0.15) is 0 Å². The lowest BCUT2D eigenvalue weighted by molar-refractivity contribution is -0.184. The van der Waals surface area contributed by atoms with Crippen LogP contribution in [-0.4, -0.2) is 25.2 Å². The smallest absolute Gasteiger partial charge is 0.348 e. The molecule has 1 unspecified atom stereocenters. The van der Waals surface area contributed by atoms with Crippen LogP contribution in [0.25, 0.3) is 0 Å². The maximum atomic E-state index is 12.1. The molecule has 1 saturated heterocycles. The van der Waals surface area contributed by atoms with Gasteiger partial charge in [-0.15, -0.1) is 0 Å². The molecule has 6 heteroatoms. The second kappa shape index (κ2) is 6.97. The van der Waals surface area contributed by atoms with Gasteiger partial charge in [-0.1, -0.05) is 6.42 Å². The van der Waals surface area contributed by atoms with Crippen LogP contribution in [-0.2, 0) is 9.47 Å². The fraction of sp³-hybridized carbons (Fsp3) is 0.933. The van der Waals surface area contributed by atoms with Crippen molar-refractivity contribution >= 4 is 0 Å². The summed E-state index contributed by atoms with van der Waals surface area (Å²) in [5.74, 6) is -0.316. The molecular weight excluding hydrogens is 283 g/mol. The summed E-state index contributed by atoms with van der Waals surface area (Å²) in [6, 6.07) is 2.29. The van der Waals surface area contributed by atoms with Gasteiger partial charge in [0.2, 0.25) is 0 Å². The first-order valence-electron chi connectivity index (χ1n) is 7.68. The third kappa shape index (κ3) is 4.86. The highest BCUT2D eigenvalue weighted by molar-refractivity contribution is 4.93. The van der Waals surface area contributed by atoms with E-state index < -0.39 is 18.4 Å². The van der Waals surface area contributed by atoms with Crippen LogP contribution in [0, 0.1) is 23.2 Å². The maximum absolute atomic E-state index is 12.1. The quantitative estimate of drug-likeness (QED) is 0.715. The molecule has 2 rings (SSSR count). The van der Waals surface area contributed by atoms with Gasteiger partial charge in [-0.05, 0) is 31.6 Å². The molecule has 1 aliphatic heterocycles. The summed E-state index contributed by atoms with van der Waals surface area (Å²) in [5, 5.41) is 9.26. The van der Waals surface area contributed by atoms with Crippen molar-refractivity contribution in [3.8, 4) is 6.07 Å². The molecule has 2 fully saturated rings. The molecule has 0 aromatic rings. The topological polar surface area (TPSA) is 42.2 Å². The van der Waals surface area contributed by atoms with E-state index in [0.717, 1.165) is 25.7 Å². The molecule has 0 bridgehead atoms. The molecule has 120 valence electrons. The number of halogens is 3. The van der Waals surface area contributed by atoms with Gasteiger partial charge in [-0.2, -0.15) is 18.4 Å². The molecule has 1 spiro atoms. The average Bonchev–Trinajstić information content (AvgIpc) is 2.88. The lowest BCUT2D eigenvalue weighted by Crippen LogP contribution is -2.36. The van der Waals surface area contributed by atoms with Crippen molar-refractivity contribution < 1.29 is 22.6 Å². The predicted octanol–water partition coefficient (Wildman–Crippen LogP) is 4.18. The number of nitriles is 1. The second-order valence-electron chi connectivity index (χ2n) is 6.04. The molecule has 1 aliphatic carbocycles. The molecule has 0 aromatic carbocycles. The van der Waals surface area contributed by atoms with E-state index in [1.54, 1.807) is 0 Å². The van der Waals surface area contributed by atoms with Gasteiger partial charge < -0.3 is 9.47 Å². The molecule has 1 atom stereocenters. The third-order valence-electron chi connectivity index (χ3n) is 4.57. The zero-order chi connectivity index (χ0) is 15.3. The molecule has 1 heterocycles. The fourth-order valence-corrected chi connectivity index (χ4v) is 3.36. The normalized spacial score (nSPS) is 24.1. The van der Waals surface area contributed by atoms with E-state index in [9.17, 15) is 18.4 Å². The fourth-order valence-electron chi connectivity index (χ4n) is 3.36. The van der Waals surface area contributed by atoms with Gasteiger partial charge in [-0.25, -0.2) is 0 Å². The molecule has 0 amide bonds. The van der Waals surface area contributed by atoms with Crippen LogP contribution in [0.3, 0.4) is 0 Å². The second-order valence-corrected chi connectivity index (χ2v) is 6.04. The minimum absolute atomic E-state index is 0.116. The van der Waals surface area contributed by atoms with Gasteiger partial charge in [0, 0.05) is 25.2 Å². The van der Waals surface area contributed by atoms with Crippen molar-refractivity contribution in [2.24, 2.45) is 11.8 Å². The molecular formula is C15H22F3NO2. The predicted molar refractivity (Wildman–Crippen MR) is 70.2 cm³/mol.